The minimum atomic E-state index is -0.446. The number of halogens is 1. The quantitative estimate of drug-likeness (QED) is 0.902. The molecule has 1 unspecified atom stereocenters. The minimum absolute atomic E-state index is 0.446. The van der Waals surface area contributed by atoms with Gasteiger partial charge in [0.25, 0.3) is 0 Å². The molecule has 0 fully saturated rings. The molecular formula is C11H13BrO2. The average Bonchev–Trinajstić information content (AvgIpc) is 2.15. The Kier molecular flexibility index (Phi) is 4.17. The first-order valence-corrected chi connectivity index (χ1v) is 5.12. The number of aliphatic hydroxyl groups excluding tert-OH is 1. The average molecular weight is 257 g/mol. The van der Waals surface area contributed by atoms with Gasteiger partial charge >= 0.3 is 0 Å². The molecule has 0 spiro atoms. The van der Waals surface area contributed by atoms with E-state index in [1.165, 1.54) is 0 Å². The normalized spacial score (nSPS) is 13.1. The van der Waals surface area contributed by atoms with E-state index < -0.39 is 6.10 Å². The van der Waals surface area contributed by atoms with E-state index in [1.54, 1.807) is 20.1 Å². The van der Waals surface area contributed by atoms with E-state index in [-0.39, 0.29) is 0 Å². The zero-order chi connectivity index (χ0) is 10.6. The van der Waals surface area contributed by atoms with E-state index in [4.69, 9.17) is 9.84 Å². The molecule has 1 aromatic rings. The number of benzene rings is 1. The van der Waals surface area contributed by atoms with E-state index >= 15 is 0 Å². The van der Waals surface area contributed by atoms with Gasteiger partial charge in [0, 0.05) is 10.0 Å². The molecule has 14 heavy (non-hydrogen) atoms. The molecule has 1 atom stereocenters. The third kappa shape index (κ3) is 3.16. The van der Waals surface area contributed by atoms with Crippen molar-refractivity contribution < 1.29 is 9.84 Å². The summed E-state index contributed by atoms with van der Waals surface area (Å²) in [5, 5.41) is 9.11. The van der Waals surface area contributed by atoms with Crippen LogP contribution in [0.5, 0.6) is 5.75 Å². The summed E-state index contributed by atoms with van der Waals surface area (Å²) >= 11 is 3.38. The SMILES string of the molecule is COc1ccc(Br)cc1/C=C/C(C)O. The van der Waals surface area contributed by atoms with Gasteiger partial charge in [-0.2, -0.15) is 0 Å². The highest BCUT2D eigenvalue weighted by atomic mass is 79.9. The van der Waals surface area contributed by atoms with Crippen LogP contribution in [-0.4, -0.2) is 18.3 Å². The monoisotopic (exact) mass is 256 g/mol. The Bertz CT molecular complexity index is 332. The predicted molar refractivity (Wildman–Crippen MR) is 61.4 cm³/mol. The first-order chi connectivity index (χ1) is 6.63. The molecule has 76 valence electrons. The zero-order valence-electron chi connectivity index (χ0n) is 8.20. The van der Waals surface area contributed by atoms with Gasteiger partial charge in [0.05, 0.1) is 13.2 Å². The largest absolute Gasteiger partial charge is 0.496 e. The smallest absolute Gasteiger partial charge is 0.126 e. The maximum Gasteiger partial charge on any atom is 0.126 e. The van der Waals surface area contributed by atoms with Crippen molar-refractivity contribution >= 4 is 22.0 Å². The van der Waals surface area contributed by atoms with Crippen LogP contribution in [-0.2, 0) is 0 Å². The summed E-state index contributed by atoms with van der Waals surface area (Å²) in [7, 11) is 1.63. The lowest BCUT2D eigenvalue weighted by molar-refractivity contribution is 0.245. The topological polar surface area (TPSA) is 29.5 Å². The maximum atomic E-state index is 9.11. The minimum Gasteiger partial charge on any atom is -0.496 e. The number of rotatable bonds is 3. The summed E-state index contributed by atoms with van der Waals surface area (Å²) in [5.74, 6) is 0.796. The van der Waals surface area contributed by atoms with Crippen molar-refractivity contribution in [2.24, 2.45) is 0 Å². The summed E-state index contributed by atoms with van der Waals surface area (Å²) in [6, 6.07) is 5.74. The number of methoxy groups -OCH3 is 1. The van der Waals surface area contributed by atoms with Gasteiger partial charge in [-0.15, -0.1) is 0 Å². The highest BCUT2D eigenvalue weighted by Crippen LogP contribution is 2.24. The summed E-state index contributed by atoms with van der Waals surface area (Å²) in [6.07, 6.45) is 3.11. The molecule has 1 aromatic carbocycles. The van der Waals surface area contributed by atoms with Crippen molar-refractivity contribution in [3.63, 3.8) is 0 Å². The van der Waals surface area contributed by atoms with E-state index in [9.17, 15) is 0 Å². The van der Waals surface area contributed by atoms with Crippen molar-refractivity contribution in [3.05, 3.63) is 34.3 Å². The van der Waals surface area contributed by atoms with Gasteiger partial charge in [-0.1, -0.05) is 28.1 Å². The summed E-state index contributed by atoms with van der Waals surface area (Å²) in [5.41, 5.74) is 0.947. The summed E-state index contributed by atoms with van der Waals surface area (Å²) < 4.78 is 6.17. The Labute approximate surface area is 92.3 Å². The van der Waals surface area contributed by atoms with Gasteiger partial charge in [-0.05, 0) is 25.1 Å². The Hall–Kier alpha value is -0.800. The fraction of sp³-hybridized carbons (Fsp3) is 0.273. The lowest BCUT2D eigenvalue weighted by atomic mass is 10.1. The number of ether oxygens (including phenoxy) is 1. The van der Waals surface area contributed by atoms with Gasteiger partial charge in [0.15, 0.2) is 0 Å². The van der Waals surface area contributed by atoms with Crippen LogP contribution in [0.15, 0.2) is 28.7 Å². The van der Waals surface area contributed by atoms with E-state index in [0.29, 0.717) is 0 Å². The Balaban J connectivity index is 2.99. The molecular weight excluding hydrogens is 244 g/mol. The lowest BCUT2D eigenvalue weighted by Gasteiger charge is -2.05. The van der Waals surface area contributed by atoms with Crippen molar-refractivity contribution in [2.45, 2.75) is 13.0 Å². The second kappa shape index (κ2) is 5.17. The Morgan fingerprint density at radius 2 is 2.21 bits per heavy atom. The molecule has 0 radical (unpaired) electrons. The van der Waals surface area contributed by atoms with Crippen LogP contribution in [0.2, 0.25) is 0 Å². The Morgan fingerprint density at radius 3 is 2.79 bits per heavy atom. The van der Waals surface area contributed by atoms with E-state index in [0.717, 1.165) is 15.8 Å². The van der Waals surface area contributed by atoms with Crippen LogP contribution in [0.25, 0.3) is 6.08 Å². The molecule has 0 aliphatic carbocycles. The molecule has 1 N–H and O–H groups in total. The number of aliphatic hydroxyl groups is 1. The predicted octanol–water partition coefficient (Wildman–Crippen LogP) is 2.85. The van der Waals surface area contributed by atoms with Gasteiger partial charge < -0.3 is 9.84 Å². The zero-order valence-corrected chi connectivity index (χ0v) is 9.78. The van der Waals surface area contributed by atoms with Crippen LogP contribution >= 0.6 is 15.9 Å². The second-order valence-corrected chi connectivity index (χ2v) is 3.90. The maximum absolute atomic E-state index is 9.11. The third-order valence-corrected chi connectivity index (χ3v) is 2.24. The molecule has 0 aliphatic rings. The Morgan fingerprint density at radius 1 is 1.50 bits per heavy atom. The highest BCUT2D eigenvalue weighted by molar-refractivity contribution is 9.10. The van der Waals surface area contributed by atoms with E-state index in [2.05, 4.69) is 15.9 Å². The molecule has 0 aromatic heterocycles. The fourth-order valence-electron chi connectivity index (χ4n) is 1.08. The van der Waals surface area contributed by atoms with Gasteiger partial charge in [0.1, 0.15) is 5.75 Å². The van der Waals surface area contributed by atoms with Gasteiger partial charge in [-0.25, -0.2) is 0 Å². The van der Waals surface area contributed by atoms with Crippen LogP contribution in [0.1, 0.15) is 12.5 Å². The van der Waals surface area contributed by atoms with Gasteiger partial charge in [0.2, 0.25) is 0 Å². The standard InChI is InChI=1S/C11H13BrO2/c1-8(13)3-4-9-7-10(12)5-6-11(9)14-2/h3-8,13H,1-2H3/b4-3+. The van der Waals surface area contributed by atoms with Crippen molar-refractivity contribution in [1.29, 1.82) is 0 Å². The first-order valence-electron chi connectivity index (χ1n) is 4.33. The van der Waals surface area contributed by atoms with Crippen molar-refractivity contribution in [2.75, 3.05) is 7.11 Å². The molecule has 0 saturated heterocycles. The summed E-state index contributed by atoms with van der Waals surface area (Å²) in [4.78, 5) is 0. The van der Waals surface area contributed by atoms with Crippen molar-refractivity contribution in [3.8, 4) is 5.75 Å². The molecule has 0 heterocycles. The molecule has 3 heteroatoms. The molecule has 0 aliphatic heterocycles. The molecule has 0 amide bonds. The van der Waals surface area contributed by atoms with Crippen LogP contribution < -0.4 is 4.74 Å². The molecule has 1 rings (SSSR count). The van der Waals surface area contributed by atoms with Crippen LogP contribution in [0, 0.1) is 0 Å². The van der Waals surface area contributed by atoms with Crippen molar-refractivity contribution in [1.82, 2.24) is 0 Å². The molecule has 2 nitrogen and oxygen atoms in total. The van der Waals surface area contributed by atoms with Crippen LogP contribution in [0.4, 0.5) is 0 Å². The van der Waals surface area contributed by atoms with Gasteiger partial charge in [-0.3, -0.25) is 0 Å². The van der Waals surface area contributed by atoms with Crippen LogP contribution in [0.3, 0.4) is 0 Å². The summed E-state index contributed by atoms with van der Waals surface area (Å²) in [6.45, 7) is 1.71. The third-order valence-electron chi connectivity index (χ3n) is 1.75. The first kappa shape index (κ1) is 11.3. The molecule has 0 bridgehead atoms. The number of hydrogen-bond donors (Lipinski definition) is 1. The number of hydrogen-bond acceptors (Lipinski definition) is 2. The van der Waals surface area contributed by atoms with E-state index in [1.807, 2.05) is 24.3 Å². The molecule has 0 saturated carbocycles. The highest BCUT2D eigenvalue weighted by Gasteiger charge is 1.99. The second-order valence-electron chi connectivity index (χ2n) is 2.99. The lowest BCUT2D eigenvalue weighted by Crippen LogP contribution is -1.92. The fourth-order valence-corrected chi connectivity index (χ4v) is 1.46.